The average Bonchev–Trinajstić information content (AvgIpc) is 2.28. The van der Waals surface area contributed by atoms with E-state index in [1.165, 1.54) is 11.1 Å². The maximum absolute atomic E-state index is 9.90. The van der Waals surface area contributed by atoms with Gasteiger partial charge in [-0.05, 0) is 44.0 Å². The molecule has 80 valence electrons. The Bertz CT molecular complexity index is 396. The Morgan fingerprint density at radius 1 is 1.40 bits per heavy atom. The molecule has 2 rings (SSSR count). The lowest BCUT2D eigenvalue weighted by atomic mass is 9.87. The van der Waals surface area contributed by atoms with E-state index in [9.17, 15) is 5.11 Å². The first-order chi connectivity index (χ1) is 7.24. The fourth-order valence-electron chi connectivity index (χ4n) is 2.16. The van der Waals surface area contributed by atoms with Gasteiger partial charge in [0, 0.05) is 11.6 Å². The summed E-state index contributed by atoms with van der Waals surface area (Å²) in [6.07, 6.45) is 4.32. The number of aryl methyl sites for hydroxylation is 1. The quantitative estimate of drug-likeness (QED) is 0.773. The number of aromatic hydroxyl groups is 1. The second-order valence-electron chi connectivity index (χ2n) is 4.02. The predicted octanol–water partition coefficient (Wildman–Crippen LogP) is 2.33. The van der Waals surface area contributed by atoms with E-state index >= 15 is 0 Å². The summed E-state index contributed by atoms with van der Waals surface area (Å²) in [5, 5.41) is 13.1. The number of rotatable bonds is 2. The molecule has 0 spiro atoms. The van der Waals surface area contributed by atoms with Crippen LogP contribution in [0.25, 0.3) is 5.57 Å². The minimum absolute atomic E-state index is 0.289. The number of benzene rings is 1. The summed E-state index contributed by atoms with van der Waals surface area (Å²) in [5.41, 5.74) is 3.51. The SMILES string of the molecule is CNC(C)C1=CCCc2cccc(O)c21. The highest BCUT2D eigenvalue weighted by Gasteiger charge is 2.19. The fraction of sp³-hybridized carbons (Fsp3) is 0.385. The highest BCUT2D eigenvalue weighted by molar-refractivity contribution is 5.77. The molecule has 0 aliphatic heterocycles. The lowest BCUT2D eigenvalue weighted by Crippen LogP contribution is -2.24. The van der Waals surface area contributed by atoms with Crippen LogP contribution in [0.15, 0.2) is 24.3 Å². The summed E-state index contributed by atoms with van der Waals surface area (Å²) >= 11 is 0. The summed E-state index contributed by atoms with van der Waals surface area (Å²) in [7, 11) is 1.94. The summed E-state index contributed by atoms with van der Waals surface area (Å²) in [5.74, 6) is 0.403. The van der Waals surface area contributed by atoms with E-state index in [0.29, 0.717) is 5.75 Å². The van der Waals surface area contributed by atoms with Crippen molar-refractivity contribution in [1.82, 2.24) is 5.32 Å². The molecule has 2 heteroatoms. The molecule has 0 fully saturated rings. The van der Waals surface area contributed by atoms with Gasteiger partial charge in [0.25, 0.3) is 0 Å². The van der Waals surface area contributed by atoms with Crippen molar-refractivity contribution in [3.63, 3.8) is 0 Å². The van der Waals surface area contributed by atoms with Crippen LogP contribution in [0.5, 0.6) is 5.75 Å². The molecule has 2 N–H and O–H groups in total. The first kappa shape index (κ1) is 10.2. The lowest BCUT2D eigenvalue weighted by molar-refractivity contribution is 0.471. The van der Waals surface area contributed by atoms with Crippen molar-refractivity contribution in [2.75, 3.05) is 7.05 Å². The monoisotopic (exact) mass is 203 g/mol. The standard InChI is InChI=1S/C13H17NO/c1-9(14-2)11-7-3-5-10-6-4-8-12(15)13(10)11/h4,6-9,14-15H,3,5H2,1-2H3. The van der Waals surface area contributed by atoms with E-state index in [2.05, 4.69) is 24.4 Å². The molecule has 15 heavy (non-hydrogen) atoms. The Morgan fingerprint density at radius 2 is 2.20 bits per heavy atom. The smallest absolute Gasteiger partial charge is 0.123 e. The largest absolute Gasteiger partial charge is 0.507 e. The van der Waals surface area contributed by atoms with Gasteiger partial charge < -0.3 is 10.4 Å². The van der Waals surface area contributed by atoms with E-state index < -0.39 is 0 Å². The zero-order valence-electron chi connectivity index (χ0n) is 9.25. The van der Waals surface area contributed by atoms with Gasteiger partial charge in [-0.3, -0.25) is 0 Å². The van der Waals surface area contributed by atoms with Gasteiger partial charge >= 0.3 is 0 Å². The number of allylic oxidation sites excluding steroid dienone is 1. The van der Waals surface area contributed by atoms with Gasteiger partial charge in [-0.1, -0.05) is 18.2 Å². The summed E-state index contributed by atoms with van der Waals surface area (Å²) < 4.78 is 0. The molecule has 1 aromatic carbocycles. The summed E-state index contributed by atoms with van der Waals surface area (Å²) in [4.78, 5) is 0. The van der Waals surface area contributed by atoms with Crippen LogP contribution in [0.3, 0.4) is 0 Å². The second-order valence-corrected chi connectivity index (χ2v) is 4.02. The molecule has 0 bridgehead atoms. The van der Waals surface area contributed by atoms with Crippen LogP contribution in [0, 0.1) is 0 Å². The van der Waals surface area contributed by atoms with Gasteiger partial charge in [-0.2, -0.15) is 0 Å². The van der Waals surface area contributed by atoms with Crippen molar-refractivity contribution >= 4 is 5.57 Å². The van der Waals surface area contributed by atoms with Gasteiger partial charge in [0.2, 0.25) is 0 Å². The van der Waals surface area contributed by atoms with Gasteiger partial charge in [0.15, 0.2) is 0 Å². The maximum atomic E-state index is 9.90. The van der Waals surface area contributed by atoms with Crippen molar-refractivity contribution in [2.24, 2.45) is 0 Å². The molecule has 0 aromatic heterocycles. The Labute approximate surface area is 90.6 Å². The van der Waals surface area contributed by atoms with Gasteiger partial charge in [0.05, 0.1) is 0 Å². The van der Waals surface area contributed by atoms with E-state index in [1.54, 1.807) is 6.07 Å². The molecule has 0 saturated heterocycles. The molecular weight excluding hydrogens is 186 g/mol. The molecule has 0 saturated carbocycles. The van der Waals surface area contributed by atoms with Crippen molar-refractivity contribution in [3.8, 4) is 5.75 Å². The number of hydrogen-bond donors (Lipinski definition) is 2. The molecular formula is C13H17NO. The number of likely N-dealkylation sites (N-methyl/N-ethyl adjacent to an activating group) is 1. The molecule has 1 aliphatic rings. The van der Waals surface area contributed by atoms with E-state index in [1.807, 2.05) is 13.1 Å². The highest BCUT2D eigenvalue weighted by atomic mass is 16.3. The Morgan fingerprint density at radius 3 is 2.93 bits per heavy atom. The molecule has 1 aromatic rings. The third-order valence-corrected chi connectivity index (χ3v) is 3.09. The van der Waals surface area contributed by atoms with Crippen molar-refractivity contribution in [2.45, 2.75) is 25.8 Å². The van der Waals surface area contributed by atoms with Crippen LogP contribution in [0.1, 0.15) is 24.5 Å². The minimum Gasteiger partial charge on any atom is -0.507 e. The predicted molar refractivity (Wildman–Crippen MR) is 62.9 cm³/mol. The number of fused-ring (bicyclic) bond motifs is 1. The van der Waals surface area contributed by atoms with Crippen molar-refractivity contribution in [3.05, 3.63) is 35.4 Å². The molecule has 1 unspecified atom stereocenters. The zero-order valence-corrected chi connectivity index (χ0v) is 9.25. The van der Waals surface area contributed by atoms with Crippen LogP contribution in [-0.2, 0) is 6.42 Å². The molecule has 0 radical (unpaired) electrons. The summed E-state index contributed by atoms with van der Waals surface area (Å²) in [6, 6.07) is 6.07. The minimum atomic E-state index is 0.289. The third kappa shape index (κ3) is 1.77. The van der Waals surface area contributed by atoms with Gasteiger partial charge in [-0.15, -0.1) is 0 Å². The normalized spacial score (nSPS) is 16.8. The first-order valence-electron chi connectivity index (χ1n) is 5.42. The molecule has 2 nitrogen and oxygen atoms in total. The second kappa shape index (κ2) is 4.07. The number of hydrogen-bond acceptors (Lipinski definition) is 2. The van der Waals surface area contributed by atoms with E-state index in [0.717, 1.165) is 18.4 Å². The Hall–Kier alpha value is -1.28. The van der Waals surface area contributed by atoms with Crippen molar-refractivity contribution in [1.29, 1.82) is 0 Å². The summed E-state index contributed by atoms with van der Waals surface area (Å²) in [6.45, 7) is 2.12. The topological polar surface area (TPSA) is 32.3 Å². The number of phenols is 1. The molecule has 1 aliphatic carbocycles. The van der Waals surface area contributed by atoms with Crippen LogP contribution in [0.2, 0.25) is 0 Å². The third-order valence-electron chi connectivity index (χ3n) is 3.09. The first-order valence-corrected chi connectivity index (χ1v) is 5.42. The molecule has 0 heterocycles. The fourth-order valence-corrected chi connectivity index (χ4v) is 2.16. The average molecular weight is 203 g/mol. The highest BCUT2D eigenvalue weighted by Crippen LogP contribution is 2.34. The van der Waals surface area contributed by atoms with Crippen LogP contribution < -0.4 is 5.32 Å². The molecule has 0 amide bonds. The lowest BCUT2D eigenvalue weighted by Gasteiger charge is -2.23. The van der Waals surface area contributed by atoms with E-state index in [-0.39, 0.29) is 6.04 Å². The Kier molecular flexibility index (Phi) is 2.78. The van der Waals surface area contributed by atoms with E-state index in [4.69, 9.17) is 0 Å². The van der Waals surface area contributed by atoms with Gasteiger partial charge in [0.1, 0.15) is 5.75 Å². The molecule has 1 atom stereocenters. The van der Waals surface area contributed by atoms with Crippen molar-refractivity contribution < 1.29 is 5.11 Å². The van der Waals surface area contributed by atoms with Crippen LogP contribution in [-0.4, -0.2) is 18.2 Å². The Balaban J connectivity index is 2.49. The number of phenolic OH excluding ortho intramolecular Hbond substituents is 1. The maximum Gasteiger partial charge on any atom is 0.123 e. The zero-order chi connectivity index (χ0) is 10.8. The van der Waals surface area contributed by atoms with Crippen LogP contribution in [0.4, 0.5) is 0 Å². The number of nitrogens with one attached hydrogen (secondary N) is 1. The van der Waals surface area contributed by atoms with Crippen LogP contribution >= 0.6 is 0 Å². The van der Waals surface area contributed by atoms with Gasteiger partial charge in [-0.25, -0.2) is 0 Å².